The van der Waals surface area contributed by atoms with E-state index in [0.29, 0.717) is 5.92 Å². The maximum Gasteiger partial charge on any atom is 0.00290 e. The van der Waals surface area contributed by atoms with Crippen LogP contribution in [-0.4, -0.2) is 0 Å². The minimum atomic E-state index is 0.621. The normalized spacial score (nSPS) is 20.8. The molecule has 1 aliphatic carbocycles. The van der Waals surface area contributed by atoms with Gasteiger partial charge in [-0.2, -0.15) is 0 Å². The van der Waals surface area contributed by atoms with Crippen molar-refractivity contribution in [1.82, 2.24) is 0 Å². The fraction of sp³-hybridized carbons (Fsp3) is 0.385. The molecule has 1 unspecified atom stereocenters. The van der Waals surface area contributed by atoms with Gasteiger partial charge >= 0.3 is 0 Å². The lowest BCUT2D eigenvalue weighted by Crippen LogP contribution is -1.90. The van der Waals surface area contributed by atoms with Crippen LogP contribution < -0.4 is 0 Å². The fourth-order valence-corrected chi connectivity index (χ4v) is 2.14. The number of hydrogen-bond acceptors (Lipinski definition) is 0. The molecule has 0 heterocycles. The number of hydrogen-bond donors (Lipinski definition) is 0. The second kappa shape index (κ2) is 2.73. The number of aryl methyl sites for hydroxylation is 1. The molecular formula is C13H16. The summed E-state index contributed by atoms with van der Waals surface area (Å²) in [6.45, 7) is 8.93. The second-order valence-electron chi connectivity index (χ2n) is 4.12. The predicted octanol–water partition coefficient (Wildman–Crippen LogP) is 3.91. The highest BCUT2D eigenvalue weighted by Crippen LogP contribution is 2.41. The van der Waals surface area contributed by atoms with Gasteiger partial charge in [0.1, 0.15) is 0 Å². The van der Waals surface area contributed by atoms with Crippen LogP contribution in [0.15, 0.2) is 23.8 Å². The summed E-state index contributed by atoms with van der Waals surface area (Å²) in [5, 5.41) is 0. The average Bonchev–Trinajstić information content (AvgIpc) is 2.32. The van der Waals surface area contributed by atoms with E-state index in [0.717, 1.165) is 0 Å². The van der Waals surface area contributed by atoms with Crippen LogP contribution in [0.25, 0.3) is 5.57 Å². The molecule has 1 atom stereocenters. The van der Waals surface area contributed by atoms with Crippen LogP contribution in [0.5, 0.6) is 0 Å². The summed E-state index contributed by atoms with van der Waals surface area (Å²) in [4.78, 5) is 0. The third-order valence-corrected chi connectivity index (χ3v) is 3.32. The maximum absolute atomic E-state index is 2.30. The van der Waals surface area contributed by atoms with Crippen LogP contribution in [-0.2, 0) is 0 Å². The Bertz CT molecular complexity index is 383. The predicted molar refractivity (Wildman–Crippen MR) is 57.9 cm³/mol. The van der Waals surface area contributed by atoms with Crippen molar-refractivity contribution in [3.8, 4) is 0 Å². The molecule has 0 saturated carbocycles. The van der Waals surface area contributed by atoms with Crippen molar-refractivity contribution in [1.29, 1.82) is 0 Å². The van der Waals surface area contributed by atoms with Gasteiger partial charge in [0, 0.05) is 5.92 Å². The Morgan fingerprint density at radius 3 is 2.46 bits per heavy atom. The van der Waals surface area contributed by atoms with E-state index in [1.165, 1.54) is 27.8 Å². The molecule has 2 rings (SSSR count). The summed E-state index contributed by atoms with van der Waals surface area (Å²) in [7, 11) is 0. The summed E-state index contributed by atoms with van der Waals surface area (Å²) in [6, 6.07) is 6.79. The molecule has 68 valence electrons. The van der Waals surface area contributed by atoms with E-state index in [1.54, 1.807) is 0 Å². The number of fused-ring (bicyclic) bond motifs is 1. The van der Waals surface area contributed by atoms with Gasteiger partial charge in [-0.05, 0) is 37.5 Å². The van der Waals surface area contributed by atoms with E-state index >= 15 is 0 Å². The van der Waals surface area contributed by atoms with E-state index in [9.17, 15) is 0 Å². The third kappa shape index (κ3) is 1.13. The molecule has 0 spiro atoms. The van der Waals surface area contributed by atoms with E-state index in [1.807, 2.05) is 0 Å². The summed E-state index contributed by atoms with van der Waals surface area (Å²) < 4.78 is 0. The van der Waals surface area contributed by atoms with Crippen LogP contribution >= 0.6 is 0 Å². The van der Waals surface area contributed by atoms with Crippen molar-refractivity contribution in [2.75, 3.05) is 0 Å². The zero-order chi connectivity index (χ0) is 9.59. The Hall–Kier alpha value is -1.04. The minimum absolute atomic E-state index is 0.621. The topological polar surface area (TPSA) is 0 Å². The van der Waals surface area contributed by atoms with Crippen LogP contribution in [0.3, 0.4) is 0 Å². The van der Waals surface area contributed by atoms with Crippen molar-refractivity contribution >= 4 is 5.57 Å². The van der Waals surface area contributed by atoms with E-state index in [4.69, 9.17) is 0 Å². The van der Waals surface area contributed by atoms with E-state index < -0.39 is 0 Å². The summed E-state index contributed by atoms with van der Waals surface area (Å²) in [5.41, 5.74) is 7.33. The van der Waals surface area contributed by atoms with Crippen LogP contribution in [0.4, 0.5) is 0 Å². The highest BCUT2D eigenvalue weighted by molar-refractivity contribution is 5.76. The largest absolute Gasteiger partial charge is 0.0626 e. The molecule has 0 nitrogen and oxygen atoms in total. The van der Waals surface area contributed by atoms with Crippen molar-refractivity contribution < 1.29 is 0 Å². The maximum atomic E-state index is 2.30. The molecule has 0 aliphatic heterocycles. The molecule has 0 aromatic heterocycles. The molecule has 0 radical (unpaired) electrons. The Morgan fingerprint density at radius 2 is 1.77 bits per heavy atom. The summed E-state index contributed by atoms with van der Waals surface area (Å²) in [6.07, 6.45) is 0. The lowest BCUT2D eigenvalue weighted by atomic mass is 9.98. The van der Waals surface area contributed by atoms with Gasteiger partial charge < -0.3 is 0 Å². The van der Waals surface area contributed by atoms with Crippen LogP contribution in [0.1, 0.15) is 43.4 Å². The second-order valence-corrected chi connectivity index (χ2v) is 4.12. The van der Waals surface area contributed by atoms with Gasteiger partial charge in [0.2, 0.25) is 0 Å². The standard InChI is InChI=1S/C13H16/c1-8-5-6-12-10(3)9(2)11(4)13(12)7-8/h5-7,10H,1-4H3. The molecule has 1 aromatic carbocycles. The van der Waals surface area contributed by atoms with E-state index in [2.05, 4.69) is 45.9 Å². The van der Waals surface area contributed by atoms with Crippen LogP contribution in [0.2, 0.25) is 0 Å². The van der Waals surface area contributed by atoms with Gasteiger partial charge in [0.15, 0.2) is 0 Å². The number of allylic oxidation sites excluding steroid dienone is 2. The highest BCUT2D eigenvalue weighted by Gasteiger charge is 2.22. The average molecular weight is 172 g/mol. The molecule has 0 fully saturated rings. The van der Waals surface area contributed by atoms with Gasteiger partial charge in [-0.3, -0.25) is 0 Å². The molecule has 1 aromatic rings. The van der Waals surface area contributed by atoms with Crippen molar-refractivity contribution in [2.45, 2.75) is 33.6 Å². The van der Waals surface area contributed by atoms with Gasteiger partial charge in [0.05, 0.1) is 0 Å². The molecule has 0 bridgehead atoms. The first-order valence-electron chi connectivity index (χ1n) is 4.89. The van der Waals surface area contributed by atoms with Gasteiger partial charge in [0.25, 0.3) is 0 Å². The highest BCUT2D eigenvalue weighted by atomic mass is 14.3. The van der Waals surface area contributed by atoms with Gasteiger partial charge in [-0.25, -0.2) is 0 Å². The molecule has 0 saturated heterocycles. The summed E-state index contributed by atoms with van der Waals surface area (Å²) >= 11 is 0. The Balaban J connectivity index is 2.65. The van der Waals surface area contributed by atoms with Crippen molar-refractivity contribution in [3.63, 3.8) is 0 Å². The monoisotopic (exact) mass is 172 g/mol. The van der Waals surface area contributed by atoms with Crippen molar-refractivity contribution in [2.24, 2.45) is 0 Å². The van der Waals surface area contributed by atoms with Crippen LogP contribution in [0, 0.1) is 6.92 Å². The molecule has 0 N–H and O–H groups in total. The Labute approximate surface area is 80.3 Å². The van der Waals surface area contributed by atoms with Gasteiger partial charge in [-0.15, -0.1) is 0 Å². The summed E-state index contributed by atoms with van der Waals surface area (Å²) in [5.74, 6) is 0.621. The van der Waals surface area contributed by atoms with Gasteiger partial charge in [-0.1, -0.05) is 36.3 Å². The number of benzene rings is 1. The van der Waals surface area contributed by atoms with E-state index in [-0.39, 0.29) is 0 Å². The lowest BCUT2D eigenvalue weighted by Gasteiger charge is -2.06. The molecule has 0 heteroatoms. The quantitative estimate of drug-likeness (QED) is 0.556. The molecule has 1 aliphatic rings. The molecule has 0 amide bonds. The zero-order valence-corrected chi connectivity index (χ0v) is 8.81. The first kappa shape index (κ1) is 8.55. The smallest absolute Gasteiger partial charge is 0.00290 e. The number of rotatable bonds is 0. The fourth-order valence-electron chi connectivity index (χ4n) is 2.14. The first-order chi connectivity index (χ1) is 6.11. The minimum Gasteiger partial charge on any atom is -0.0626 e. The first-order valence-corrected chi connectivity index (χ1v) is 4.89. The third-order valence-electron chi connectivity index (χ3n) is 3.32. The molecule has 13 heavy (non-hydrogen) atoms. The zero-order valence-electron chi connectivity index (χ0n) is 8.81. The van der Waals surface area contributed by atoms with Crippen molar-refractivity contribution in [3.05, 3.63) is 40.5 Å². The Morgan fingerprint density at radius 1 is 1.08 bits per heavy atom. The lowest BCUT2D eigenvalue weighted by molar-refractivity contribution is 0.919. The SMILES string of the molecule is CC1=C(C)C(C)c2ccc(C)cc21. The Kier molecular flexibility index (Phi) is 1.80. The molecular weight excluding hydrogens is 156 g/mol.